The van der Waals surface area contributed by atoms with Crippen molar-refractivity contribution in [3.63, 3.8) is 0 Å². The fourth-order valence-electron chi connectivity index (χ4n) is 7.69. The van der Waals surface area contributed by atoms with E-state index in [1.807, 2.05) is 11.3 Å². The first kappa shape index (κ1) is 26.3. The highest BCUT2D eigenvalue weighted by Crippen LogP contribution is 2.46. The van der Waals surface area contributed by atoms with E-state index >= 15 is 0 Å². The number of nitrogens with zero attached hydrogens (tertiary/aromatic N) is 3. The van der Waals surface area contributed by atoms with Gasteiger partial charge in [0.2, 0.25) is 0 Å². The van der Waals surface area contributed by atoms with Crippen molar-refractivity contribution in [1.29, 1.82) is 0 Å². The Bertz CT molecular complexity index is 3050. The molecule has 0 fully saturated rings. The van der Waals surface area contributed by atoms with Gasteiger partial charge < -0.3 is 4.57 Å². The fourth-order valence-corrected chi connectivity index (χ4v) is 9.98. The summed E-state index contributed by atoms with van der Waals surface area (Å²) in [5.41, 5.74) is 9.46. The van der Waals surface area contributed by atoms with Gasteiger partial charge in [0.15, 0.2) is 5.13 Å². The van der Waals surface area contributed by atoms with Gasteiger partial charge in [-0.2, -0.15) is 0 Å². The molecule has 0 aliphatic heterocycles. The second-order valence-electron chi connectivity index (χ2n) is 12.4. The highest BCUT2D eigenvalue weighted by molar-refractivity contribution is 7.26. The molecule has 4 aromatic heterocycles. The average Bonchev–Trinajstić information content (AvgIpc) is 3.90. The molecule has 11 rings (SSSR count). The minimum atomic E-state index is 0.988. The number of thiophene rings is 1. The third-order valence-electron chi connectivity index (χ3n) is 9.75. The standard InChI is InChI=1S/C43H25N3S2/c1-3-13-26(14-4-1)31-25-39-40(30-19-9-12-22-38(30)47-39)41-42(31)48-43(44-41)46-35-21-11-8-18-29(35)33-23-36-32(24-37(33)46)28-17-7-10-20-34(28)45(36)27-15-5-2-6-16-27/h1-25H. The van der Waals surface area contributed by atoms with Gasteiger partial charge in [-0.05, 0) is 54.1 Å². The van der Waals surface area contributed by atoms with Crippen LogP contribution in [0.4, 0.5) is 0 Å². The third kappa shape index (κ3) is 3.60. The quantitative estimate of drug-likeness (QED) is 0.187. The van der Waals surface area contributed by atoms with Gasteiger partial charge in [0.05, 0.1) is 32.3 Å². The highest BCUT2D eigenvalue weighted by Gasteiger charge is 2.22. The SMILES string of the molecule is c1ccc(-c2cc3sc4ccccc4c3c3nc(-n4c5ccccc5c5cc6c(cc54)c4ccccc4n6-c4ccccc4)sc23)cc1. The molecule has 0 aliphatic carbocycles. The van der Waals surface area contributed by atoms with Crippen LogP contribution in [0.15, 0.2) is 152 Å². The highest BCUT2D eigenvalue weighted by atomic mass is 32.1. The van der Waals surface area contributed by atoms with Crippen molar-refractivity contribution in [2.45, 2.75) is 0 Å². The summed E-state index contributed by atoms with van der Waals surface area (Å²) in [5, 5.41) is 8.46. The molecule has 0 aliphatic rings. The van der Waals surface area contributed by atoms with Crippen molar-refractivity contribution < 1.29 is 0 Å². The molecule has 0 atom stereocenters. The van der Waals surface area contributed by atoms with Crippen molar-refractivity contribution >= 4 is 96.7 Å². The number of thiazole rings is 1. The maximum atomic E-state index is 5.57. The summed E-state index contributed by atoms with van der Waals surface area (Å²) in [6, 6.07) is 54.9. The summed E-state index contributed by atoms with van der Waals surface area (Å²) in [6.07, 6.45) is 0. The van der Waals surface area contributed by atoms with Crippen LogP contribution in [0.2, 0.25) is 0 Å². The lowest BCUT2D eigenvalue weighted by molar-refractivity contribution is 1.15. The van der Waals surface area contributed by atoms with Gasteiger partial charge in [-0.25, -0.2) is 4.98 Å². The molecular weight excluding hydrogens is 623 g/mol. The van der Waals surface area contributed by atoms with E-state index < -0.39 is 0 Å². The summed E-state index contributed by atoms with van der Waals surface area (Å²) in [5.74, 6) is 0. The Hall–Kier alpha value is -5.75. The normalized spacial score (nSPS) is 12.2. The van der Waals surface area contributed by atoms with Crippen molar-refractivity contribution in [2.75, 3.05) is 0 Å². The van der Waals surface area contributed by atoms with Gasteiger partial charge in [0.25, 0.3) is 0 Å². The van der Waals surface area contributed by atoms with Crippen LogP contribution in [0, 0.1) is 0 Å². The first-order valence-corrected chi connectivity index (χ1v) is 17.8. The summed E-state index contributed by atoms with van der Waals surface area (Å²) in [7, 11) is 0. The summed E-state index contributed by atoms with van der Waals surface area (Å²) in [4.78, 5) is 5.57. The molecule has 0 saturated carbocycles. The molecule has 48 heavy (non-hydrogen) atoms. The molecule has 0 bridgehead atoms. The number of aromatic nitrogens is 3. The lowest BCUT2D eigenvalue weighted by Crippen LogP contribution is -1.94. The maximum absolute atomic E-state index is 5.57. The molecule has 0 N–H and O–H groups in total. The molecule has 0 unspecified atom stereocenters. The smallest absolute Gasteiger partial charge is 0.195 e. The van der Waals surface area contributed by atoms with Gasteiger partial charge in [-0.1, -0.05) is 114 Å². The number of fused-ring (bicyclic) bond motifs is 11. The van der Waals surface area contributed by atoms with Gasteiger partial charge in [0, 0.05) is 53.0 Å². The Balaban J connectivity index is 1.28. The second kappa shape index (κ2) is 9.88. The number of benzene rings is 7. The largest absolute Gasteiger partial charge is 0.309 e. The summed E-state index contributed by atoms with van der Waals surface area (Å²) in [6.45, 7) is 0. The molecule has 11 aromatic rings. The Labute approximate surface area is 283 Å². The van der Waals surface area contributed by atoms with Crippen molar-refractivity contribution in [3.8, 4) is 21.9 Å². The van der Waals surface area contributed by atoms with Crippen LogP contribution in [-0.2, 0) is 0 Å². The number of rotatable bonds is 3. The molecule has 7 aromatic carbocycles. The molecule has 4 heterocycles. The zero-order valence-electron chi connectivity index (χ0n) is 25.6. The predicted molar refractivity (Wildman–Crippen MR) is 207 cm³/mol. The minimum Gasteiger partial charge on any atom is -0.309 e. The second-order valence-corrected chi connectivity index (χ2v) is 14.4. The fraction of sp³-hybridized carbons (Fsp3) is 0. The zero-order chi connectivity index (χ0) is 31.3. The maximum Gasteiger partial charge on any atom is 0.195 e. The van der Waals surface area contributed by atoms with E-state index in [1.165, 1.54) is 85.3 Å². The molecular formula is C43H25N3S2. The molecule has 224 valence electrons. The first-order chi connectivity index (χ1) is 23.8. The Morgan fingerprint density at radius 2 is 1.02 bits per heavy atom. The molecule has 5 heteroatoms. The summed E-state index contributed by atoms with van der Waals surface area (Å²) >= 11 is 3.65. The number of para-hydroxylation sites is 3. The van der Waals surface area contributed by atoms with E-state index in [2.05, 4.69) is 161 Å². The van der Waals surface area contributed by atoms with E-state index in [-0.39, 0.29) is 0 Å². The van der Waals surface area contributed by atoms with Crippen molar-refractivity contribution in [1.82, 2.24) is 14.1 Å². The predicted octanol–water partition coefficient (Wildman–Crippen LogP) is 12.5. The van der Waals surface area contributed by atoms with Gasteiger partial charge in [-0.15, -0.1) is 11.3 Å². The Kier molecular flexibility index (Phi) is 5.42. The lowest BCUT2D eigenvalue weighted by atomic mass is 10.0. The van der Waals surface area contributed by atoms with Crippen LogP contribution < -0.4 is 0 Å². The minimum absolute atomic E-state index is 0.988. The molecule has 0 saturated heterocycles. The Morgan fingerprint density at radius 3 is 1.75 bits per heavy atom. The van der Waals surface area contributed by atoms with Crippen molar-refractivity contribution in [2.24, 2.45) is 0 Å². The van der Waals surface area contributed by atoms with Gasteiger partial charge in [-0.3, -0.25) is 4.57 Å². The average molecular weight is 648 g/mol. The van der Waals surface area contributed by atoms with E-state index in [0.717, 1.165) is 10.6 Å². The van der Waals surface area contributed by atoms with Crippen LogP contribution in [0.5, 0.6) is 0 Å². The van der Waals surface area contributed by atoms with E-state index in [1.54, 1.807) is 11.3 Å². The van der Waals surface area contributed by atoms with Crippen LogP contribution in [-0.4, -0.2) is 14.1 Å². The topological polar surface area (TPSA) is 22.8 Å². The summed E-state index contributed by atoms with van der Waals surface area (Å²) < 4.78 is 8.59. The first-order valence-electron chi connectivity index (χ1n) is 16.1. The zero-order valence-corrected chi connectivity index (χ0v) is 27.2. The van der Waals surface area contributed by atoms with E-state index in [0.29, 0.717) is 0 Å². The van der Waals surface area contributed by atoms with Crippen LogP contribution in [0.1, 0.15) is 0 Å². The molecule has 0 radical (unpaired) electrons. The molecule has 0 amide bonds. The molecule has 3 nitrogen and oxygen atoms in total. The van der Waals surface area contributed by atoms with Crippen LogP contribution in [0.3, 0.4) is 0 Å². The van der Waals surface area contributed by atoms with Crippen LogP contribution in [0.25, 0.3) is 95.9 Å². The van der Waals surface area contributed by atoms with E-state index in [9.17, 15) is 0 Å². The van der Waals surface area contributed by atoms with Crippen molar-refractivity contribution in [3.05, 3.63) is 152 Å². The monoisotopic (exact) mass is 647 g/mol. The number of hydrogen-bond donors (Lipinski definition) is 0. The number of hydrogen-bond acceptors (Lipinski definition) is 3. The Morgan fingerprint density at radius 1 is 0.438 bits per heavy atom. The van der Waals surface area contributed by atoms with Gasteiger partial charge >= 0.3 is 0 Å². The van der Waals surface area contributed by atoms with E-state index in [4.69, 9.17) is 4.98 Å². The lowest BCUT2D eigenvalue weighted by Gasteiger charge is -2.08. The third-order valence-corrected chi connectivity index (χ3v) is 11.9. The molecule has 0 spiro atoms. The van der Waals surface area contributed by atoms with Crippen LogP contribution >= 0.6 is 22.7 Å². The van der Waals surface area contributed by atoms with Gasteiger partial charge in [0.1, 0.15) is 0 Å².